The van der Waals surface area contributed by atoms with Crippen molar-refractivity contribution in [2.24, 2.45) is 0 Å². The van der Waals surface area contributed by atoms with Gasteiger partial charge in [-0.05, 0) is 29.8 Å². The Morgan fingerprint density at radius 2 is 2.06 bits per heavy atom. The minimum Gasteiger partial charge on any atom is -0.399 e. The topological polar surface area (TPSA) is 56.0 Å². The van der Waals surface area contributed by atoms with Crippen LogP contribution in [0, 0.1) is 0 Å². The van der Waals surface area contributed by atoms with E-state index in [1.54, 1.807) is 30.5 Å². The molecule has 0 bridgehead atoms. The third kappa shape index (κ3) is 3.00. The first-order valence-electron chi connectivity index (χ1n) is 5.24. The number of aromatic nitrogens is 1. The van der Waals surface area contributed by atoms with E-state index in [9.17, 15) is 4.79 Å². The highest BCUT2D eigenvalue weighted by molar-refractivity contribution is 6.32. The largest absolute Gasteiger partial charge is 0.399 e. The number of hydrogen-bond donors (Lipinski definition) is 1. The zero-order valence-electron chi connectivity index (χ0n) is 9.36. The summed E-state index contributed by atoms with van der Waals surface area (Å²) in [6, 6.07) is 6.50. The third-order valence-electron chi connectivity index (χ3n) is 2.45. The van der Waals surface area contributed by atoms with Crippen molar-refractivity contribution in [2.75, 3.05) is 5.73 Å². The van der Waals surface area contributed by atoms with E-state index in [0.29, 0.717) is 21.3 Å². The number of anilines is 1. The Labute approximate surface area is 115 Å². The molecule has 0 aliphatic rings. The van der Waals surface area contributed by atoms with Gasteiger partial charge in [0.05, 0.1) is 5.02 Å². The van der Waals surface area contributed by atoms with Crippen LogP contribution in [-0.2, 0) is 6.42 Å². The standard InChI is InChI=1S/C13H10Cl2N2O/c14-10-3-9(4-11(16)6-10)13(18)5-8-1-2-17-7-12(8)15/h1-4,6-7H,5,16H2. The van der Waals surface area contributed by atoms with Gasteiger partial charge in [0.2, 0.25) is 0 Å². The summed E-state index contributed by atoms with van der Waals surface area (Å²) in [5.74, 6) is -0.0858. The molecule has 0 saturated carbocycles. The molecule has 1 heterocycles. The predicted octanol–water partition coefficient (Wildman–Crippen LogP) is 3.40. The van der Waals surface area contributed by atoms with Crippen LogP contribution in [0.5, 0.6) is 0 Å². The number of nitrogens with zero attached hydrogens (tertiary/aromatic N) is 1. The van der Waals surface area contributed by atoms with Crippen molar-refractivity contribution in [3.63, 3.8) is 0 Å². The van der Waals surface area contributed by atoms with Crippen molar-refractivity contribution >= 4 is 34.7 Å². The Hall–Kier alpha value is -1.58. The van der Waals surface area contributed by atoms with Crippen molar-refractivity contribution in [3.05, 3.63) is 57.8 Å². The van der Waals surface area contributed by atoms with E-state index in [-0.39, 0.29) is 12.2 Å². The van der Waals surface area contributed by atoms with E-state index in [2.05, 4.69) is 4.98 Å². The molecule has 18 heavy (non-hydrogen) atoms. The average molecular weight is 281 g/mol. The fraction of sp³-hybridized carbons (Fsp3) is 0.0769. The van der Waals surface area contributed by atoms with E-state index in [1.165, 1.54) is 6.20 Å². The summed E-state index contributed by atoms with van der Waals surface area (Å²) in [5.41, 5.74) is 7.32. The summed E-state index contributed by atoms with van der Waals surface area (Å²) in [6.07, 6.45) is 3.30. The molecule has 0 aliphatic heterocycles. The zero-order valence-corrected chi connectivity index (χ0v) is 10.9. The zero-order chi connectivity index (χ0) is 13.1. The Morgan fingerprint density at radius 1 is 1.28 bits per heavy atom. The van der Waals surface area contributed by atoms with Crippen LogP contribution in [0.1, 0.15) is 15.9 Å². The highest BCUT2D eigenvalue weighted by Crippen LogP contribution is 2.20. The van der Waals surface area contributed by atoms with Crippen LogP contribution < -0.4 is 5.73 Å². The minimum atomic E-state index is -0.0858. The van der Waals surface area contributed by atoms with Gasteiger partial charge in [-0.2, -0.15) is 0 Å². The summed E-state index contributed by atoms with van der Waals surface area (Å²) in [5, 5.41) is 0.917. The van der Waals surface area contributed by atoms with Gasteiger partial charge >= 0.3 is 0 Å². The fourth-order valence-electron chi connectivity index (χ4n) is 1.60. The summed E-state index contributed by atoms with van der Waals surface area (Å²) >= 11 is 11.8. The number of carbonyl (C=O) groups excluding carboxylic acids is 1. The average Bonchev–Trinajstić information content (AvgIpc) is 2.31. The van der Waals surface area contributed by atoms with Gasteiger partial charge in [0.25, 0.3) is 0 Å². The molecule has 92 valence electrons. The lowest BCUT2D eigenvalue weighted by Crippen LogP contribution is -2.05. The van der Waals surface area contributed by atoms with Gasteiger partial charge in [0.15, 0.2) is 5.78 Å². The van der Waals surface area contributed by atoms with Crippen LogP contribution in [0.3, 0.4) is 0 Å². The molecule has 1 aromatic carbocycles. The number of benzene rings is 1. The first-order valence-corrected chi connectivity index (χ1v) is 5.99. The Balaban J connectivity index is 2.25. The Kier molecular flexibility index (Phi) is 3.84. The first-order chi connectivity index (χ1) is 8.56. The molecule has 0 spiro atoms. The molecule has 2 rings (SSSR count). The molecule has 1 aromatic heterocycles. The molecule has 0 saturated heterocycles. The van der Waals surface area contributed by atoms with Crippen molar-refractivity contribution < 1.29 is 4.79 Å². The fourth-order valence-corrected chi connectivity index (χ4v) is 2.03. The van der Waals surface area contributed by atoms with Gasteiger partial charge in [-0.15, -0.1) is 0 Å². The molecule has 5 heteroatoms. The molecule has 0 amide bonds. The van der Waals surface area contributed by atoms with Gasteiger partial charge in [0.1, 0.15) is 0 Å². The smallest absolute Gasteiger partial charge is 0.167 e. The molecular weight excluding hydrogens is 271 g/mol. The first kappa shape index (κ1) is 12.9. The summed E-state index contributed by atoms with van der Waals surface area (Å²) in [6.45, 7) is 0. The maximum Gasteiger partial charge on any atom is 0.167 e. The van der Waals surface area contributed by atoms with Gasteiger partial charge < -0.3 is 5.73 Å². The van der Waals surface area contributed by atoms with Crippen LogP contribution in [0.2, 0.25) is 10.0 Å². The monoisotopic (exact) mass is 280 g/mol. The van der Waals surface area contributed by atoms with Crippen LogP contribution in [-0.4, -0.2) is 10.8 Å². The molecule has 0 radical (unpaired) electrons. The number of carbonyl (C=O) groups is 1. The predicted molar refractivity (Wildman–Crippen MR) is 73.1 cm³/mol. The van der Waals surface area contributed by atoms with Gasteiger partial charge in [-0.3, -0.25) is 9.78 Å². The molecule has 3 nitrogen and oxygen atoms in total. The lowest BCUT2D eigenvalue weighted by Gasteiger charge is -2.05. The molecule has 2 aromatic rings. The molecule has 0 unspecified atom stereocenters. The normalized spacial score (nSPS) is 10.3. The van der Waals surface area contributed by atoms with Crippen LogP contribution in [0.25, 0.3) is 0 Å². The number of rotatable bonds is 3. The Bertz CT molecular complexity index is 579. The second-order valence-corrected chi connectivity index (χ2v) is 4.68. The van der Waals surface area contributed by atoms with Crippen molar-refractivity contribution in [2.45, 2.75) is 6.42 Å². The number of Topliss-reactive ketones (excluding diaryl/α,β-unsaturated/α-hetero) is 1. The van der Waals surface area contributed by atoms with E-state index in [4.69, 9.17) is 28.9 Å². The molecule has 0 fully saturated rings. The lowest BCUT2D eigenvalue weighted by molar-refractivity contribution is 0.0993. The highest BCUT2D eigenvalue weighted by Gasteiger charge is 2.11. The summed E-state index contributed by atoms with van der Waals surface area (Å²) < 4.78 is 0. The van der Waals surface area contributed by atoms with Crippen molar-refractivity contribution in [1.82, 2.24) is 4.98 Å². The molecule has 2 N–H and O–H groups in total. The number of nitrogen functional groups attached to an aromatic ring is 1. The summed E-state index contributed by atoms with van der Waals surface area (Å²) in [4.78, 5) is 15.9. The second kappa shape index (κ2) is 5.38. The maximum atomic E-state index is 12.1. The SMILES string of the molecule is Nc1cc(Cl)cc(C(=O)Cc2ccncc2Cl)c1. The highest BCUT2D eigenvalue weighted by atomic mass is 35.5. The molecule has 0 aliphatic carbocycles. The van der Waals surface area contributed by atoms with Gasteiger partial charge in [-0.1, -0.05) is 23.2 Å². The van der Waals surface area contributed by atoms with Crippen LogP contribution >= 0.6 is 23.2 Å². The minimum absolute atomic E-state index is 0.0858. The van der Waals surface area contributed by atoms with E-state index in [0.717, 1.165) is 5.56 Å². The van der Waals surface area contributed by atoms with Gasteiger partial charge in [0, 0.05) is 35.1 Å². The lowest BCUT2D eigenvalue weighted by atomic mass is 10.0. The van der Waals surface area contributed by atoms with E-state index < -0.39 is 0 Å². The quantitative estimate of drug-likeness (QED) is 0.693. The molecular formula is C13H10Cl2N2O. The van der Waals surface area contributed by atoms with E-state index in [1.807, 2.05) is 0 Å². The van der Waals surface area contributed by atoms with Crippen molar-refractivity contribution in [1.29, 1.82) is 0 Å². The summed E-state index contributed by atoms with van der Waals surface area (Å²) in [7, 11) is 0. The van der Waals surface area contributed by atoms with Crippen LogP contribution in [0.15, 0.2) is 36.7 Å². The second-order valence-electron chi connectivity index (χ2n) is 3.84. The number of halogens is 2. The van der Waals surface area contributed by atoms with E-state index >= 15 is 0 Å². The number of nitrogens with two attached hydrogens (primary N) is 1. The van der Waals surface area contributed by atoms with Gasteiger partial charge in [-0.25, -0.2) is 0 Å². The van der Waals surface area contributed by atoms with Crippen molar-refractivity contribution in [3.8, 4) is 0 Å². The third-order valence-corrected chi connectivity index (χ3v) is 3.01. The van der Waals surface area contributed by atoms with Crippen LogP contribution in [0.4, 0.5) is 5.69 Å². The maximum absolute atomic E-state index is 12.1. The molecule has 0 atom stereocenters. The number of pyridine rings is 1. The Morgan fingerprint density at radius 3 is 2.72 bits per heavy atom. The number of ketones is 1. The number of hydrogen-bond acceptors (Lipinski definition) is 3.